The molecular formula is C35H28F12P2. The van der Waals surface area contributed by atoms with E-state index in [2.05, 4.69) is 0 Å². The Morgan fingerprint density at radius 1 is 0.449 bits per heavy atom. The monoisotopic (exact) mass is 738 g/mol. The topological polar surface area (TPSA) is 0 Å². The molecule has 5 rings (SSSR count). The van der Waals surface area contributed by atoms with Crippen molar-refractivity contribution in [3.05, 3.63) is 119 Å². The second kappa shape index (κ2) is 13.9. The Hall–Kier alpha value is -3.10. The van der Waals surface area contributed by atoms with Gasteiger partial charge in [0.25, 0.3) is 0 Å². The summed E-state index contributed by atoms with van der Waals surface area (Å²) in [7, 11) is -3.12. The summed E-state index contributed by atoms with van der Waals surface area (Å²) in [6.07, 6.45) is -16.6. The highest BCUT2D eigenvalue weighted by Gasteiger charge is 2.42. The van der Waals surface area contributed by atoms with Crippen molar-refractivity contribution in [1.29, 1.82) is 0 Å². The average molecular weight is 739 g/mol. The smallest absolute Gasteiger partial charge is 0.166 e. The molecule has 0 aliphatic heterocycles. The zero-order valence-corrected chi connectivity index (χ0v) is 27.3. The Morgan fingerprint density at radius 2 is 0.735 bits per heavy atom. The predicted octanol–water partition coefficient (Wildman–Crippen LogP) is 10.9. The van der Waals surface area contributed by atoms with Crippen LogP contribution in [0.5, 0.6) is 0 Å². The van der Waals surface area contributed by atoms with Crippen molar-refractivity contribution in [2.45, 2.75) is 62.2 Å². The molecule has 0 bridgehead atoms. The molecule has 1 saturated carbocycles. The summed E-state index contributed by atoms with van der Waals surface area (Å²) < 4.78 is 161. The van der Waals surface area contributed by atoms with E-state index in [1.54, 1.807) is 0 Å². The molecule has 4 aromatic rings. The van der Waals surface area contributed by atoms with Crippen molar-refractivity contribution in [2.75, 3.05) is 0 Å². The van der Waals surface area contributed by atoms with Gasteiger partial charge in [-0.25, -0.2) is 0 Å². The fraction of sp³-hybridized carbons (Fsp3) is 0.314. The highest BCUT2D eigenvalue weighted by Crippen LogP contribution is 2.57. The van der Waals surface area contributed by atoms with Gasteiger partial charge < -0.3 is 0 Å². The summed E-state index contributed by atoms with van der Waals surface area (Å²) in [6, 6.07) is 18.0. The molecule has 1 aliphatic rings. The van der Waals surface area contributed by atoms with E-state index >= 15 is 0 Å². The Labute approximate surface area is 277 Å². The zero-order valence-electron chi connectivity index (χ0n) is 25.5. The lowest BCUT2D eigenvalue weighted by molar-refractivity contribution is -0.138. The van der Waals surface area contributed by atoms with Crippen LogP contribution in [0.3, 0.4) is 0 Å². The maximum atomic E-state index is 13.4. The Kier molecular flexibility index (Phi) is 10.5. The number of benzene rings is 4. The third-order valence-electron chi connectivity index (χ3n) is 8.78. The fourth-order valence-corrected chi connectivity index (χ4v) is 12.7. The molecule has 49 heavy (non-hydrogen) atoms. The van der Waals surface area contributed by atoms with Crippen LogP contribution in [0, 0.1) is 5.92 Å². The third kappa shape index (κ3) is 8.45. The molecule has 0 aromatic heterocycles. The minimum absolute atomic E-state index is 0.216. The lowest BCUT2D eigenvalue weighted by Crippen LogP contribution is -2.33. The highest BCUT2D eigenvalue weighted by atomic mass is 31.1. The molecule has 262 valence electrons. The van der Waals surface area contributed by atoms with Gasteiger partial charge in [0.2, 0.25) is 0 Å². The van der Waals surface area contributed by atoms with Crippen molar-refractivity contribution in [1.82, 2.24) is 0 Å². The first kappa shape index (κ1) is 37.2. The van der Waals surface area contributed by atoms with E-state index in [1.807, 2.05) is 6.92 Å². The van der Waals surface area contributed by atoms with E-state index in [9.17, 15) is 52.7 Å². The Bertz CT molecular complexity index is 1570. The molecule has 4 aromatic carbocycles. The van der Waals surface area contributed by atoms with Crippen LogP contribution in [0.4, 0.5) is 52.7 Å². The van der Waals surface area contributed by atoms with Gasteiger partial charge in [0.05, 0.1) is 22.3 Å². The van der Waals surface area contributed by atoms with Crippen molar-refractivity contribution in [3.8, 4) is 0 Å². The van der Waals surface area contributed by atoms with Gasteiger partial charge in [-0.05, 0) is 116 Å². The molecule has 0 spiro atoms. The van der Waals surface area contributed by atoms with E-state index in [1.165, 1.54) is 48.5 Å². The van der Waals surface area contributed by atoms with Gasteiger partial charge in [0, 0.05) is 0 Å². The number of rotatable bonds is 7. The maximum Gasteiger partial charge on any atom is 0.416 e. The van der Waals surface area contributed by atoms with Crippen LogP contribution in [-0.4, -0.2) is 11.3 Å². The molecule has 14 heteroatoms. The van der Waals surface area contributed by atoms with Crippen LogP contribution < -0.4 is 21.2 Å². The van der Waals surface area contributed by atoms with E-state index in [-0.39, 0.29) is 17.2 Å². The molecular weight excluding hydrogens is 710 g/mol. The summed E-state index contributed by atoms with van der Waals surface area (Å²) in [5.74, 6) is -0.216. The second-order valence-electron chi connectivity index (χ2n) is 11.8. The van der Waals surface area contributed by atoms with Gasteiger partial charge in [-0.1, -0.05) is 61.9 Å². The van der Waals surface area contributed by atoms with Gasteiger partial charge in [-0.2, -0.15) is 52.7 Å². The number of hydrogen-bond acceptors (Lipinski definition) is 0. The summed E-state index contributed by atoms with van der Waals surface area (Å²) in [4.78, 5) is 0. The van der Waals surface area contributed by atoms with Crippen LogP contribution in [0.2, 0.25) is 0 Å². The third-order valence-corrected chi connectivity index (χ3v) is 14.7. The molecule has 0 saturated heterocycles. The van der Waals surface area contributed by atoms with Crippen LogP contribution in [0.15, 0.2) is 97.1 Å². The first-order valence-corrected chi connectivity index (χ1v) is 17.8. The minimum atomic E-state index is -4.61. The molecule has 0 heterocycles. The molecule has 2 unspecified atom stereocenters. The van der Waals surface area contributed by atoms with Crippen molar-refractivity contribution >= 4 is 37.1 Å². The van der Waals surface area contributed by atoms with Crippen molar-refractivity contribution < 1.29 is 52.7 Å². The normalized spacial score (nSPS) is 18.3. The number of halogens is 12. The van der Waals surface area contributed by atoms with E-state index in [0.29, 0.717) is 40.5 Å². The first-order valence-electron chi connectivity index (χ1n) is 15.0. The summed E-state index contributed by atoms with van der Waals surface area (Å²) in [5, 5.41) is 2.02. The quantitative estimate of drug-likeness (QED) is 0.131. The standard InChI is InChI=1S/C35H28F12P2/c1-21(48(26-13-5-22(6-14-26)32(36,37)38)27-15-7-23(8-16-27)33(39,40)41)30-3-2-4-31(30)49(28-17-9-24(10-18-28)34(42,43)44)29-19-11-25(12-20-29)35(45,46)47/h5-21,30-31H,2-4H2,1H3/t21?,30?,31-/m0/s1. The molecule has 0 radical (unpaired) electrons. The van der Waals surface area contributed by atoms with Gasteiger partial charge in [0.15, 0.2) is 0 Å². The molecule has 0 N–H and O–H groups in total. The molecule has 1 fully saturated rings. The average Bonchev–Trinajstić information content (AvgIpc) is 3.50. The summed E-state index contributed by atoms with van der Waals surface area (Å²) in [5.41, 5.74) is -4.15. The zero-order chi connectivity index (χ0) is 35.9. The molecule has 0 amide bonds. The maximum absolute atomic E-state index is 13.4. The van der Waals surface area contributed by atoms with Gasteiger partial charge >= 0.3 is 24.7 Å². The Balaban J connectivity index is 1.59. The second-order valence-corrected chi connectivity index (χ2v) is 16.8. The van der Waals surface area contributed by atoms with Gasteiger partial charge in [-0.3, -0.25) is 0 Å². The summed E-state index contributed by atoms with van der Waals surface area (Å²) in [6.45, 7) is 1.87. The van der Waals surface area contributed by atoms with Crippen LogP contribution in [0.25, 0.3) is 0 Å². The lowest BCUT2D eigenvalue weighted by Gasteiger charge is -2.37. The molecule has 1 aliphatic carbocycles. The predicted molar refractivity (Wildman–Crippen MR) is 169 cm³/mol. The fourth-order valence-electron chi connectivity index (χ4n) is 6.44. The Morgan fingerprint density at radius 3 is 1.02 bits per heavy atom. The number of hydrogen-bond donors (Lipinski definition) is 0. The highest BCUT2D eigenvalue weighted by molar-refractivity contribution is 7.74. The van der Waals surface area contributed by atoms with Crippen molar-refractivity contribution in [3.63, 3.8) is 0 Å². The summed E-state index contributed by atoms with van der Waals surface area (Å²) >= 11 is 0. The molecule has 3 atom stereocenters. The minimum Gasteiger partial charge on any atom is -0.166 e. The van der Waals surface area contributed by atoms with Crippen molar-refractivity contribution in [2.24, 2.45) is 5.92 Å². The van der Waals surface area contributed by atoms with Gasteiger partial charge in [-0.15, -0.1) is 0 Å². The van der Waals surface area contributed by atoms with Crippen LogP contribution >= 0.6 is 15.8 Å². The van der Waals surface area contributed by atoms with Crippen LogP contribution in [-0.2, 0) is 24.7 Å². The van der Waals surface area contributed by atoms with E-state index in [0.717, 1.165) is 48.5 Å². The largest absolute Gasteiger partial charge is 0.416 e. The first-order chi connectivity index (χ1) is 22.7. The number of alkyl halides is 12. The SMILES string of the molecule is CC(C1CCC[C@@H]1P(c1ccc(C(F)(F)F)cc1)c1ccc(C(F)(F)F)cc1)P(c1ccc(C(F)(F)F)cc1)c1ccc(C(F)(F)F)cc1. The van der Waals surface area contributed by atoms with Crippen LogP contribution in [0.1, 0.15) is 48.4 Å². The molecule has 0 nitrogen and oxygen atoms in total. The van der Waals surface area contributed by atoms with E-state index < -0.39 is 62.8 Å². The van der Waals surface area contributed by atoms with E-state index in [4.69, 9.17) is 0 Å². The lowest BCUT2D eigenvalue weighted by atomic mass is 10.0. The van der Waals surface area contributed by atoms with Gasteiger partial charge in [0.1, 0.15) is 0 Å².